The maximum atomic E-state index is 13.4. The summed E-state index contributed by atoms with van der Waals surface area (Å²) in [5.74, 6) is 1.11. The van der Waals surface area contributed by atoms with E-state index in [0.29, 0.717) is 47.8 Å². The van der Waals surface area contributed by atoms with Crippen molar-refractivity contribution in [1.82, 2.24) is 9.78 Å². The number of fused-ring (bicyclic) bond motifs is 1. The fourth-order valence-corrected chi connectivity index (χ4v) is 4.88. The number of hydrogen-bond acceptors (Lipinski definition) is 5. The molecule has 1 aliphatic heterocycles. The first-order valence-corrected chi connectivity index (χ1v) is 11.6. The molecule has 0 unspecified atom stereocenters. The molecule has 1 aromatic heterocycles. The molecule has 1 atom stereocenters. The molecular formula is C27H28N4O3. The third-order valence-corrected chi connectivity index (χ3v) is 6.29. The monoisotopic (exact) mass is 456 g/mol. The number of Topliss-reactive ketones (excluding diaryl/α,β-unsaturated/α-hetero) is 1. The average Bonchev–Trinajstić information content (AvgIpc) is 3.22. The molecule has 0 saturated heterocycles. The van der Waals surface area contributed by atoms with Gasteiger partial charge in [-0.3, -0.25) is 9.59 Å². The fraction of sp³-hybridized carbons (Fsp3) is 0.296. The van der Waals surface area contributed by atoms with Crippen LogP contribution in [-0.4, -0.2) is 28.1 Å². The number of benzene rings is 2. The second kappa shape index (κ2) is 8.48. The van der Waals surface area contributed by atoms with Gasteiger partial charge in [-0.2, -0.15) is 5.10 Å². The summed E-state index contributed by atoms with van der Waals surface area (Å²) < 4.78 is 7.66. The second-order valence-electron chi connectivity index (χ2n) is 9.50. The van der Waals surface area contributed by atoms with Gasteiger partial charge in [0.25, 0.3) is 5.91 Å². The molecule has 2 aliphatic rings. The minimum atomic E-state index is -0.476. The van der Waals surface area contributed by atoms with Crippen LogP contribution in [-0.2, 0) is 4.79 Å². The van der Waals surface area contributed by atoms with Gasteiger partial charge in [0.1, 0.15) is 23.2 Å². The Hall–Kier alpha value is -3.87. The van der Waals surface area contributed by atoms with Gasteiger partial charge in [-0.1, -0.05) is 50.2 Å². The van der Waals surface area contributed by atoms with Crippen molar-refractivity contribution >= 4 is 23.2 Å². The Balaban J connectivity index is 1.63. The van der Waals surface area contributed by atoms with E-state index >= 15 is 0 Å². The molecular weight excluding hydrogens is 428 g/mol. The van der Waals surface area contributed by atoms with E-state index in [1.54, 1.807) is 10.9 Å². The summed E-state index contributed by atoms with van der Waals surface area (Å²) in [7, 11) is 0. The number of carbonyl (C=O) groups excluding carboxylic acids is 2. The minimum Gasteiger partial charge on any atom is -0.494 e. The molecule has 0 fully saturated rings. The van der Waals surface area contributed by atoms with Crippen LogP contribution in [0.15, 0.2) is 72.1 Å². The number of carbonyl (C=O) groups is 2. The van der Waals surface area contributed by atoms with Crippen LogP contribution < -0.4 is 15.4 Å². The van der Waals surface area contributed by atoms with E-state index < -0.39 is 6.04 Å². The Bertz CT molecular complexity index is 1290. The lowest BCUT2D eigenvalue weighted by atomic mass is 9.73. The summed E-state index contributed by atoms with van der Waals surface area (Å²) in [6.45, 7) is 6.62. The van der Waals surface area contributed by atoms with E-state index in [-0.39, 0.29) is 17.1 Å². The number of aromatic nitrogens is 2. The van der Waals surface area contributed by atoms with Gasteiger partial charge in [0.05, 0.1) is 12.8 Å². The Morgan fingerprint density at radius 1 is 1.15 bits per heavy atom. The number of amides is 1. The lowest BCUT2D eigenvalue weighted by Gasteiger charge is -2.39. The number of ether oxygens (including phenoxy) is 1. The minimum absolute atomic E-state index is 0.0893. The van der Waals surface area contributed by atoms with E-state index in [9.17, 15) is 9.59 Å². The summed E-state index contributed by atoms with van der Waals surface area (Å²) in [5.41, 5.74) is 3.34. The summed E-state index contributed by atoms with van der Waals surface area (Å²) in [4.78, 5) is 26.6. The number of nitrogens with zero attached hydrogens (tertiary/aromatic N) is 2. The first kappa shape index (κ1) is 21.9. The second-order valence-corrected chi connectivity index (χ2v) is 9.50. The SMILES string of the molecule is CCOc1ccccc1[C@H]1C2=C(CC(C)(C)CC2=O)Nc2c(C(=O)Nc3ccccc3)cnn21. The van der Waals surface area contributed by atoms with Crippen molar-refractivity contribution < 1.29 is 14.3 Å². The van der Waals surface area contributed by atoms with E-state index in [4.69, 9.17) is 4.74 Å². The zero-order valence-electron chi connectivity index (χ0n) is 19.6. The standard InChI is InChI=1S/C27H28N4O3/c1-4-34-22-13-9-8-12-18(22)24-23-20(14-27(2,3)15-21(23)32)30-25-19(16-28-31(24)25)26(33)29-17-10-6-5-7-11-17/h5-13,16,24,30H,4,14-15H2,1-3H3,(H,29,33)/t24-/m0/s1. The van der Waals surface area contributed by atoms with Crippen molar-refractivity contribution in [2.45, 2.75) is 39.7 Å². The van der Waals surface area contributed by atoms with Crippen LogP contribution in [0.3, 0.4) is 0 Å². The largest absolute Gasteiger partial charge is 0.494 e. The van der Waals surface area contributed by atoms with Crippen molar-refractivity contribution in [2.75, 3.05) is 17.2 Å². The molecule has 0 saturated carbocycles. The number of anilines is 2. The molecule has 34 heavy (non-hydrogen) atoms. The average molecular weight is 457 g/mol. The van der Waals surface area contributed by atoms with Crippen LogP contribution in [0.2, 0.25) is 0 Å². The van der Waals surface area contributed by atoms with Crippen LogP contribution in [0.5, 0.6) is 5.75 Å². The molecule has 7 nitrogen and oxygen atoms in total. The highest BCUT2D eigenvalue weighted by atomic mass is 16.5. The zero-order chi connectivity index (χ0) is 23.9. The highest BCUT2D eigenvalue weighted by Crippen LogP contribution is 2.47. The van der Waals surface area contributed by atoms with Gasteiger partial charge >= 0.3 is 0 Å². The highest BCUT2D eigenvalue weighted by molar-refractivity contribution is 6.08. The number of ketones is 1. The first-order chi connectivity index (χ1) is 16.4. The molecule has 0 spiro atoms. The smallest absolute Gasteiger partial charge is 0.261 e. The van der Waals surface area contributed by atoms with Crippen molar-refractivity contribution in [3.8, 4) is 5.75 Å². The van der Waals surface area contributed by atoms with Gasteiger partial charge in [0.2, 0.25) is 0 Å². The summed E-state index contributed by atoms with van der Waals surface area (Å²) >= 11 is 0. The molecule has 2 heterocycles. The quantitative estimate of drug-likeness (QED) is 0.552. The summed E-state index contributed by atoms with van der Waals surface area (Å²) in [5, 5.41) is 10.9. The van der Waals surface area contributed by atoms with Crippen LogP contribution in [0.1, 0.15) is 55.6 Å². The molecule has 2 aromatic carbocycles. The Kier molecular flexibility index (Phi) is 5.48. The first-order valence-electron chi connectivity index (χ1n) is 11.6. The molecule has 1 aliphatic carbocycles. The molecule has 7 heteroatoms. The van der Waals surface area contributed by atoms with E-state index in [2.05, 4.69) is 29.6 Å². The summed E-state index contributed by atoms with van der Waals surface area (Å²) in [6.07, 6.45) is 2.72. The van der Waals surface area contributed by atoms with E-state index in [1.165, 1.54) is 0 Å². The number of hydrogen-bond donors (Lipinski definition) is 2. The van der Waals surface area contributed by atoms with Crippen LogP contribution in [0.4, 0.5) is 11.5 Å². The lowest BCUT2D eigenvalue weighted by Crippen LogP contribution is -2.37. The fourth-order valence-electron chi connectivity index (χ4n) is 4.88. The zero-order valence-corrected chi connectivity index (χ0v) is 19.6. The Morgan fingerprint density at radius 3 is 2.65 bits per heavy atom. The molecule has 0 radical (unpaired) electrons. The topological polar surface area (TPSA) is 85.2 Å². The van der Waals surface area contributed by atoms with Crippen molar-refractivity contribution in [1.29, 1.82) is 0 Å². The number of nitrogens with one attached hydrogen (secondary N) is 2. The molecule has 2 N–H and O–H groups in total. The van der Waals surface area contributed by atoms with E-state index in [0.717, 1.165) is 11.3 Å². The number of rotatable bonds is 5. The van der Waals surface area contributed by atoms with Crippen LogP contribution in [0, 0.1) is 5.41 Å². The Labute approximate surface area is 198 Å². The third-order valence-electron chi connectivity index (χ3n) is 6.29. The van der Waals surface area contributed by atoms with Gasteiger partial charge in [-0.05, 0) is 37.0 Å². The van der Waals surface area contributed by atoms with Gasteiger partial charge < -0.3 is 15.4 Å². The predicted octanol–water partition coefficient (Wildman–Crippen LogP) is 5.19. The maximum absolute atomic E-state index is 13.4. The highest BCUT2D eigenvalue weighted by Gasteiger charge is 2.43. The van der Waals surface area contributed by atoms with Crippen molar-refractivity contribution in [2.24, 2.45) is 5.41 Å². The summed E-state index contributed by atoms with van der Waals surface area (Å²) in [6, 6.07) is 16.6. The van der Waals surface area contributed by atoms with Gasteiger partial charge in [0.15, 0.2) is 5.78 Å². The van der Waals surface area contributed by atoms with Crippen molar-refractivity contribution in [3.63, 3.8) is 0 Å². The van der Waals surface area contributed by atoms with Crippen molar-refractivity contribution in [3.05, 3.63) is 83.2 Å². The van der Waals surface area contributed by atoms with Crippen LogP contribution >= 0.6 is 0 Å². The maximum Gasteiger partial charge on any atom is 0.261 e. The third kappa shape index (κ3) is 3.87. The molecule has 3 aromatic rings. The molecule has 0 bridgehead atoms. The van der Waals surface area contributed by atoms with Crippen LogP contribution in [0.25, 0.3) is 0 Å². The van der Waals surface area contributed by atoms with E-state index in [1.807, 2.05) is 61.5 Å². The molecule has 174 valence electrons. The number of allylic oxidation sites excluding steroid dienone is 2. The predicted molar refractivity (Wildman–Crippen MR) is 131 cm³/mol. The Morgan fingerprint density at radius 2 is 1.88 bits per heavy atom. The lowest BCUT2D eigenvalue weighted by molar-refractivity contribution is -0.118. The van der Waals surface area contributed by atoms with Gasteiger partial charge in [-0.15, -0.1) is 0 Å². The number of para-hydroxylation sites is 2. The van der Waals surface area contributed by atoms with Gasteiger partial charge in [0, 0.05) is 28.9 Å². The molecule has 5 rings (SSSR count). The normalized spacial score (nSPS) is 18.6. The van der Waals surface area contributed by atoms with Gasteiger partial charge in [-0.25, -0.2) is 4.68 Å². The molecule has 1 amide bonds.